The Kier molecular flexibility index (Phi) is 4.93. The topological polar surface area (TPSA) is 51.0 Å². The summed E-state index contributed by atoms with van der Waals surface area (Å²) in [7, 11) is 0. The molecule has 0 bridgehead atoms. The van der Waals surface area contributed by atoms with Gasteiger partial charge in [0, 0.05) is 37.3 Å². The average molecular weight is 441 g/mol. The van der Waals surface area contributed by atoms with Crippen LogP contribution in [0.5, 0.6) is 0 Å². The Hall–Kier alpha value is -3.54. The van der Waals surface area contributed by atoms with E-state index < -0.39 is 0 Å². The summed E-state index contributed by atoms with van der Waals surface area (Å²) in [6.45, 7) is 2.45. The predicted molar refractivity (Wildman–Crippen MR) is 126 cm³/mol. The molecule has 1 aliphatic carbocycles. The summed E-state index contributed by atoms with van der Waals surface area (Å²) in [6, 6.07) is 18.7. The van der Waals surface area contributed by atoms with Crippen molar-refractivity contribution in [3.63, 3.8) is 0 Å². The van der Waals surface area contributed by atoms with Crippen LogP contribution in [-0.2, 0) is 11.3 Å². The largest absolute Gasteiger partial charge is 0.342 e. The van der Waals surface area contributed by atoms with Crippen molar-refractivity contribution in [1.82, 2.24) is 19.4 Å². The van der Waals surface area contributed by atoms with Crippen LogP contribution in [0.2, 0.25) is 0 Å². The zero-order valence-electron chi connectivity index (χ0n) is 18.3. The normalized spacial score (nSPS) is 18.2. The molecular weight excluding hydrogens is 415 g/mol. The number of carbonyl (C=O) groups is 1. The molecule has 4 aromatic rings. The van der Waals surface area contributed by atoms with E-state index in [1.54, 1.807) is 18.3 Å². The van der Waals surface area contributed by atoms with Gasteiger partial charge in [-0.2, -0.15) is 0 Å². The summed E-state index contributed by atoms with van der Waals surface area (Å²) >= 11 is 0. The SMILES string of the molecule is O=C(C1CC1)N1CC[C@@H](Cn2c(-c3ccc(-c4ccc(F)cc4)cc3)nc3cccnc32)C1. The standard InChI is InChI=1S/C27H25FN4O/c28-23-11-9-20(10-12-23)19-3-5-21(6-4-19)25-30-24-2-1-14-29-26(24)32(25)17-18-13-15-31(16-18)27(33)22-7-8-22/h1-6,9-12,14,18,22H,7-8,13,15-17H2/t18-/m1/s1. The molecule has 2 aromatic carbocycles. The lowest BCUT2D eigenvalue weighted by Crippen LogP contribution is -2.30. The summed E-state index contributed by atoms with van der Waals surface area (Å²) in [4.78, 5) is 24.1. The van der Waals surface area contributed by atoms with Gasteiger partial charge in [-0.1, -0.05) is 36.4 Å². The first-order valence-electron chi connectivity index (χ1n) is 11.6. The van der Waals surface area contributed by atoms with Crippen molar-refractivity contribution in [2.75, 3.05) is 13.1 Å². The van der Waals surface area contributed by atoms with Crippen LogP contribution in [0.15, 0.2) is 66.9 Å². The fraction of sp³-hybridized carbons (Fsp3) is 0.296. The number of pyridine rings is 1. The second kappa shape index (κ2) is 8.10. The number of benzene rings is 2. The van der Waals surface area contributed by atoms with E-state index in [1.807, 2.05) is 29.2 Å². The number of aromatic nitrogens is 3. The molecule has 6 heteroatoms. The third kappa shape index (κ3) is 3.90. The number of hydrogen-bond acceptors (Lipinski definition) is 3. The van der Waals surface area contributed by atoms with Gasteiger partial charge < -0.3 is 9.47 Å². The van der Waals surface area contributed by atoms with Crippen molar-refractivity contribution in [2.45, 2.75) is 25.8 Å². The van der Waals surface area contributed by atoms with E-state index >= 15 is 0 Å². The summed E-state index contributed by atoms with van der Waals surface area (Å²) in [5.74, 6) is 1.66. The van der Waals surface area contributed by atoms with E-state index in [9.17, 15) is 9.18 Å². The van der Waals surface area contributed by atoms with Crippen molar-refractivity contribution < 1.29 is 9.18 Å². The number of amides is 1. The van der Waals surface area contributed by atoms with E-state index in [0.29, 0.717) is 11.8 Å². The fourth-order valence-corrected chi connectivity index (χ4v) is 4.83. The van der Waals surface area contributed by atoms with E-state index in [1.165, 1.54) is 12.1 Å². The van der Waals surface area contributed by atoms with Crippen LogP contribution in [0.3, 0.4) is 0 Å². The van der Waals surface area contributed by atoms with Crippen LogP contribution < -0.4 is 0 Å². The minimum atomic E-state index is -0.235. The molecule has 1 atom stereocenters. The van der Waals surface area contributed by atoms with Gasteiger partial charge in [-0.05, 0) is 60.6 Å². The highest BCUT2D eigenvalue weighted by molar-refractivity contribution is 5.81. The Bertz CT molecular complexity index is 1310. The fourth-order valence-electron chi connectivity index (χ4n) is 4.83. The monoisotopic (exact) mass is 440 g/mol. The van der Waals surface area contributed by atoms with Crippen molar-refractivity contribution in [1.29, 1.82) is 0 Å². The van der Waals surface area contributed by atoms with Crippen molar-refractivity contribution in [3.8, 4) is 22.5 Å². The lowest BCUT2D eigenvalue weighted by atomic mass is 10.0. The van der Waals surface area contributed by atoms with E-state index in [-0.39, 0.29) is 11.7 Å². The Morgan fingerprint density at radius 1 is 0.939 bits per heavy atom. The highest BCUT2D eigenvalue weighted by Gasteiger charge is 2.36. The summed E-state index contributed by atoms with van der Waals surface area (Å²) < 4.78 is 15.5. The number of halogens is 1. The van der Waals surface area contributed by atoms with Crippen LogP contribution >= 0.6 is 0 Å². The van der Waals surface area contributed by atoms with Gasteiger partial charge in [0.05, 0.1) is 0 Å². The van der Waals surface area contributed by atoms with Gasteiger partial charge in [-0.25, -0.2) is 14.4 Å². The smallest absolute Gasteiger partial charge is 0.225 e. The Labute approximate surface area is 191 Å². The molecule has 6 rings (SSSR count). The van der Waals surface area contributed by atoms with Gasteiger partial charge >= 0.3 is 0 Å². The van der Waals surface area contributed by atoms with Crippen LogP contribution in [0.1, 0.15) is 19.3 Å². The lowest BCUT2D eigenvalue weighted by Gasteiger charge is -2.17. The lowest BCUT2D eigenvalue weighted by molar-refractivity contribution is -0.131. The molecule has 33 heavy (non-hydrogen) atoms. The first-order valence-corrected chi connectivity index (χ1v) is 11.6. The second-order valence-electron chi connectivity index (χ2n) is 9.19. The maximum atomic E-state index is 13.3. The van der Waals surface area contributed by atoms with Gasteiger partial charge in [0.2, 0.25) is 5.91 Å². The Morgan fingerprint density at radius 3 is 2.36 bits per heavy atom. The van der Waals surface area contributed by atoms with Crippen molar-refractivity contribution in [2.24, 2.45) is 11.8 Å². The van der Waals surface area contributed by atoms with Crippen molar-refractivity contribution >= 4 is 17.1 Å². The molecular formula is C27H25FN4O. The summed E-state index contributed by atoms with van der Waals surface area (Å²) in [6.07, 6.45) is 4.91. The third-order valence-corrected chi connectivity index (χ3v) is 6.79. The second-order valence-corrected chi connectivity index (χ2v) is 9.19. The maximum absolute atomic E-state index is 13.3. The van der Waals surface area contributed by atoms with Crippen LogP contribution in [0, 0.1) is 17.7 Å². The minimum absolute atomic E-state index is 0.235. The van der Waals surface area contributed by atoms with Gasteiger partial charge in [-0.3, -0.25) is 4.79 Å². The Morgan fingerprint density at radius 2 is 1.64 bits per heavy atom. The third-order valence-electron chi connectivity index (χ3n) is 6.79. The average Bonchev–Trinajstić information content (AvgIpc) is 3.49. The molecule has 166 valence electrons. The zero-order chi connectivity index (χ0) is 22.4. The van der Waals surface area contributed by atoms with Gasteiger partial charge in [0.1, 0.15) is 17.2 Å². The first-order chi connectivity index (χ1) is 16.2. The number of imidazole rings is 1. The highest BCUT2D eigenvalue weighted by atomic mass is 19.1. The molecule has 0 N–H and O–H groups in total. The molecule has 1 saturated carbocycles. The predicted octanol–water partition coefficient (Wildman–Crippen LogP) is 5.16. The summed E-state index contributed by atoms with van der Waals surface area (Å²) in [5, 5.41) is 0. The molecule has 0 unspecified atom stereocenters. The molecule has 3 heterocycles. The number of fused-ring (bicyclic) bond motifs is 1. The molecule has 1 aliphatic heterocycles. The molecule has 1 amide bonds. The van der Waals surface area contributed by atoms with E-state index in [4.69, 9.17) is 4.98 Å². The van der Waals surface area contributed by atoms with Gasteiger partial charge in [0.15, 0.2) is 5.65 Å². The first kappa shape index (κ1) is 20.1. The van der Waals surface area contributed by atoms with E-state index in [2.05, 4.69) is 21.7 Å². The number of hydrogen-bond donors (Lipinski definition) is 0. The number of carbonyl (C=O) groups excluding carboxylic acids is 1. The zero-order valence-corrected chi connectivity index (χ0v) is 18.3. The number of nitrogens with zero attached hydrogens (tertiary/aromatic N) is 4. The highest BCUT2D eigenvalue weighted by Crippen LogP contribution is 2.34. The maximum Gasteiger partial charge on any atom is 0.225 e. The van der Waals surface area contributed by atoms with Crippen LogP contribution in [-0.4, -0.2) is 38.4 Å². The molecule has 1 saturated heterocycles. The molecule has 0 radical (unpaired) electrons. The molecule has 0 spiro atoms. The molecule has 2 fully saturated rings. The molecule has 5 nitrogen and oxygen atoms in total. The van der Waals surface area contributed by atoms with Crippen LogP contribution in [0.4, 0.5) is 4.39 Å². The molecule has 2 aliphatic rings. The summed E-state index contributed by atoms with van der Waals surface area (Å²) in [5.41, 5.74) is 4.78. The van der Waals surface area contributed by atoms with E-state index in [0.717, 1.165) is 72.6 Å². The Balaban J connectivity index is 1.30. The van der Waals surface area contributed by atoms with Crippen molar-refractivity contribution in [3.05, 3.63) is 72.7 Å². The molecule has 2 aromatic heterocycles. The minimum Gasteiger partial charge on any atom is -0.342 e. The quantitative estimate of drug-likeness (QED) is 0.431. The van der Waals surface area contributed by atoms with Crippen LogP contribution in [0.25, 0.3) is 33.7 Å². The number of likely N-dealkylation sites (tertiary alicyclic amines) is 1. The number of rotatable bonds is 5. The van der Waals surface area contributed by atoms with Gasteiger partial charge in [-0.15, -0.1) is 0 Å². The van der Waals surface area contributed by atoms with Gasteiger partial charge in [0.25, 0.3) is 0 Å².